The fraction of sp³-hybridized carbons (Fsp3) is 0.533. The summed E-state index contributed by atoms with van der Waals surface area (Å²) >= 11 is 0. The number of fused-ring (bicyclic) bond motifs is 1. The molecule has 3 rings (SSSR count). The molecule has 1 atom stereocenters. The van der Waals surface area contributed by atoms with E-state index < -0.39 is 0 Å². The van der Waals surface area contributed by atoms with Gasteiger partial charge in [0, 0.05) is 31.1 Å². The number of hydrogen-bond acceptors (Lipinski definition) is 2. The largest absolute Gasteiger partial charge is 0.371 e. The van der Waals surface area contributed by atoms with Crippen molar-refractivity contribution in [1.29, 1.82) is 0 Å². The summed E-state index contributed by atoms with van der Waals surface area (Å²) in [5.41, 5.74) is 2.81. The third kappa shape index (κ3) is 2.08. The molecule has 1 fully saturated rings. The summed E-state index contributed by atoms with van der Waals surface area (Å²) in [4.78, 5) is 14.2. The van der Waals surface area contributed by atoms with E-state index in [-0.39, 0.29) is 0 Å². The third-order valence-electron chi connectivity index (χ3n) is 4.08. The minimum Gasteiger partial charge on any atom is -0.371 e. The Labute approximate surface area is 103 Å². The van der Waals surface area contributed by atoms with E-state index in [0.717, 1.165) is 32.4 Å². The average Bonchev–Trinajstić information content (AvgIpc) is 2.76. The minimum atomic E-state index is 0.293. The number of anilines is 1. The summed E-state index contributed by atoms with van der Waals surface area (Å²) < 4.78 is 0. The maximum atomic E-state index is 11.7. The summed E-state index contributed by atoms with van der Waals surface area (Å²) in [7, 11) is 0. The van der Waals surface area contributed by atoms with Crippen LogP contribution in [0, 0.1) is 5.92 Å². The number of benzene rings is 1. The maximum absolute atomic E-state index is 11.7. The Balaban J connectivity index is 1.78. The molecule has 0 radical (unpaired) electrons. The fourth-order valence-electron chi connectivity index (χ4n) is 3.15. The van der Waals surface area contributed by atoms with Crippen LogP contribution in [0.15, 0.2) is 24.3 Å². The lowest BCUT2D eigenvalue weighted by molar-refractivity contribution is -0.120. The van der Waals surface area contributed by atoms with Crippen LogP contribution in [0.1, 0.15) is 31.2 Å². The van der Waals surface area contributed by atoms with Gasteiger partial charge in [-0.15, -0.1) is 0 Å². The van der Waals surface area contributed by atoms with Crippen molar-refractivity contribution in [1.82, 2.24) is 0 Å². The Kier molecular flexibility index (Phi) is 2.87. The van der Waals surface area contributed by atoms with Crippen LogP contribution in [-0.2, 0) is 11.2 Å². The highest BCUT2D eigenvalue weighted by atomic mass is 16.1. The Bertz CT molecular complexity index is 427. The molecule has 1 unspecified atom stereocenters. The highest BCUT2D eigenvalue weighted by Crippen LogP contribution is 2.30. The van der Waals surface area contributed by atoms with Gasteiger partial charge >= 0.3 is 0 Å². The second-order valence-corrected chi connectivity index (χ2v) is 5.23. The molecule has 0 spiro atoms. The van der Waals surface area contributed by atoms with Crippen LogP contribution in [0.3, 0.4) is 0 Å². The van der Waals surface area contributed by atoms with Crippen molar-refractivity contribution in [2.24, 2.45) is 5.92 Å². The number of para-hydroxylation sites is 1. The topological polar surface area (TPSA) is 20.3 Å². The predicted molar refractivity (Wildman–Crippen MR) is 69.3 cm³/mol. The lowest BCUT2D eigenvalue weighted by atomic mass is 9.99. The molecule has 90 valence electrons. The zero-order valence-electron chi connectivity index (χ0n) is 10.2. The van der Waals surface area contributed by atoms with Gasteiger partial charge in [0.25, 0.3) is 0 Å². The quantitative estimate of drug-likeness (QED) is 0.777. The number of rotatable bonds is 2. The molecule has 0 amide bonds. The Hall–Kier alpha value is -1.31. The first kappa shape index (κ1) is 10.8. The molecule has 0 saturated heterocycles. The van der Waals surface area contributed by atoms with Gasteiger partial charge in [-0.25, -0.2) is 0 Å². The van der Waals surface area contributed by atoms with Crippen LogP contribution in [0.4, 0.5) is 5.69 Å². The first-order valence-electron chi connectivity index (χ1n) is 6.70. The van der Waals surface area contributed by atoms with Crippen molar-refractivity contribution in [2.75, 3.05) is 18.0 Å². The summed E-state index contributed by atoms with van der Waals surface area (Å²) in [6.07, 6.45) is 5.40. The van der Waals surface area contributed by atoms with Crippen LogP contribution in [0.2, 0.25) is 0 Å². The van der Waals surface area contributed by atoms with E-state index in [9.17, 15) is 4.79 Å². The number of nitrogens with zero attached hydrogens (tertiary/aromatic N) is 1. The van der Waals surface area contributed by atoms with Gasteiger partial charge in [-0.2, -0.15) is 0 Å². The van der Waals surface area contributed by atoms with Crippen molar-refractivity contribution in [3.8, 4) is 0 Å². The Morgan fingerprint density at radius 3 is 2.88 bits per heavy atom. The summed E-state index contributed by atoms with van der Waals surface area (Å²) in [5, 5.41) is 0. The molecule has 17 heavy (non-hydrogen) atoms. The first-order valence-corrected chi connectivity index (χ1v) is 6.70. The number of Topliss-reactive ketones (excluding diaryl/α,β-unsaturated/α-hetero) is 1. The minimum absolute atomic E-state index is 0.293. The fourth-order valence-corrected chi connectivity index (χ4v) is 3.15. The normalized spacial score (nSPS) is 23.9. The molecule has 1 aliphatic carbocycles. The van der Waals surface area contributed by atoms with Crippen molar-refractivity contribution < 1.29 is 4.79 Å². The molecular formula is C15H19NO. The molecule has 2 nitrogen and oxygen atoms in total. The van der Waals surface area contributed by atoms with Crippen molar-refractivity contribution in [3.63, 3.8) is 0 Å². The standard InChI is InChI=1S/C15H19NO/c17-15-9-3-6-13(15)11-16-10-4-7-12-5-1-2-8-14(12)16/h1-2,5,8,13H,3-4,6-7,9-11H2. The van der Waals surface area contributed by atoms with E-state index in [1.54, 1.807) is 0 Å². The molecule has 1 aromatic rings. The zero-order chi connectivity index (χ0) is 11.7. The van der Waals surface area contributed by atoms with E-state index in [4.69, 9.17) is 0 Å². The maximum Gasteiger partial charge on any atom is 0.137 e. The number of ketones is 1. The van der Waals surface area contributed by atoms with Gasteiger partial charge < -0.3 is 4.90 Å². The molecule has 2 heteroatoms. The number of carbonyl (C=O) groups is 1. The van der Waals surface area contributed by atoms with Crippen molar-refractivity contribution in [2.45, 2.75) is 32.1 Å². The predicted octanol–water partition coefficient (Wildman–Crippen LogP) is 2.81. The Morgan fingerprint density at radius 2 is 2.06 bits per heavy atom. The highest BCUT2D eigenvalue weighted by Gasteiger charge is 2.27. The van der Waals surface area contributed by atoms with Crippen LogP contribution >= 0.6 is 0 Å². The van der Waals surface area contributed by atoms with Crippen LogP contribution < -0.4 is 4.90 Å². The van der Waals surface area contributed by atoms with E-state index in [1.165, 1.54) is 24.1 Å². The van der Waals surface area contributed by atoms with Gasteiger partial charge in [0.05, 0.1) is 0 Å². The van der Waals surface area contributed by atoms with Crippen molar-refractivity contribution in [3.05, 3.63) is 29.8 Å². The first-order chi connectivity index (χ1) is 8.34. The molecule has 1 heterocycles. The van der Waals surface area contributed by atoms with Gasteiger partial charge in [-0.3, -0.25) is 4.79 Å². The Morgan fingerprint density at radius 1 is 1.18 bits per heavy atom. The zero-order valence-corrected chi connectivity index (χ0v) is 10.2. The monoisotopic (exact) mass is 229 g/mol. The lowest BCUT2D eigenvalue weighted by Gasteiger charge is -2.32. The number of aryl methyl sites for hydroxylation is 1. The molecule has 1 aromatic carbocycles. The van der Waals surface area contributed by atoms with E-state index in [2.05, 4.69) is 29.2 Å². The molecule has 0 aromatic heterocycles. The smallest absolute Gasteiger partial charge is 0.137 e. The van der Waals surface area contributed by atoms with E-state index in [0.29, 0.717) is 11.7 Å². The second-order valence-electron chi connectivity index (χ2n) is 5.23. The summed E-state index contributed by atoms with van der Waals surface area (Å²) in [6.45, 7) is 2.05. The van der Waals surface area contributed by atoms with Gasteiger partial charge in [-0.05, 0) is 37.3 Å². The van der Waals surface area contributed by atoms with Gasteiger partial charge in [0.2, 0.25) is 0 Å². The lowest BCUT2D eigenvalue weighted by Crippen LogP contribution is -2.35. The van der Waals surface area contributed by atoms with Gasteiger partial charge in [0.1, 0.15) is 5.78 Å². The highest BCUT2D eigenvalue weighted by molar-refractivity contribution is 5.83. The van der Waals surface area contributed by atoms with Crippen LogP contribution in [0.5, 0.6) is 0 Å². The molecular weight excluding hydrogens is 210 g/mol. The molecule has 0 N–H and O–H groups in total. The van der Waals surface area contributed by atoms with Crippen molar-refractivity contribution >= 4 is 11.5 Å². The second kappa shape index (κ2) is 4.52. The molecule has 1 aliphatic heterocycles. The van der Waals surface area contributed by atoms with Crippen LogP contribution in [0.25, 0.3) is 0 Å². The van der Waals surface area contributed by atoms with Crippen LogP contribution in [-0.4, -0.2) is 18.9 Å². The number of hydrogen-bond donors (Lipinski definition) is 0. The van der Waals surface area contributed by atoms with E-state index in [1.807, 2.05) is 0 Å². The summed E-state index contributed by atoms with van der Waals surface area (Å²) in [5.74, 6) is 0.772. The molecule has 0 bridgehead atoms. The van der Waals surface area contributed by atoms with Gasteiger partial charge in [0.15, 0.2) is 0 Å². The van der Waals surface area contributed by atoms with E-state index >= 15 is 0 Å². The number of carbonyl (C=O) groups excluding carboxylic acids is 1. The average molecular weight is 229 g/mol. The SMILES string of the molecule is O=C1CCCC1CN1CCCc2ccccc21. The summed E-state index contributed by atoms with van der Waals surface area (Å²) in [6, 6.07) is 8.64. The molecule has 1 saturated carbocycles. The molecule has 2 aliphatic rings. The third-order valence-corrected chi connectivity index (χ3v) is 4.08. The van der Waals surface area contributed by atoms with Gasteiger partial charge in [-0.1, -0.05) is 18.2 Å².